The molecule has 3 N–H and O–H groups in total. The van der Waals surface area contributed by atoms with Crippen molar-refractivity contribution in [2.24, 2.45) is 5.73 Å². The first-order valence-electron chi connectivity index (χ1n) is 10.1. The van der Waals surface area contributed by atoms with E-state index in [2.05, 4.69) is 15.9 Å². The molecule has 0 spiro atoms. The lowest BCUT2D eigenvalue weighted by atomic mass is 9.94. The minimum atomic E-state index is -1.03. The van der Waals surface area contributed by atoms with Crippen LogP contribution in [0.4, 0.5) is 11.8 Å². The molecule has 7 nitrogen and oxygen atoms in total. The number of aryl methyl sites for hydroxylation is 1. The monoisotopic (exact) mass is 423 g/mol. The van der Waals surface area contributed by atoms with Crippen LogP contribution < -0.4 is 15.5 Å². The van der Waals surface area contributed by atoms with Gasteiger partial charge in [0.1, 0.15) is 11.4 Å². The number of aliphatic hydroxyl groups is 1. The summed E-state index contributed by atoms with van der Waals surface area (Å²) in [5.74, 6) is 1.98. The van der Waals surface area contributed by atoms with Gasteiger partial charge in [0.05, 0.1) is 29.4 Å². The minimum absolute atomic E-state index is 0.229. The van der Waals surface area contributed by atoms with Crippen molar-refractivity contribution in [3.63, 3.8) is 0 Å². The van der Waals surface area contributed by atoms with Gasteiger partial charge in [-0.15, -0.1) is 0 Å². The van der Waals surface area contributed by atoms with Gasteiger partial charge in [-0.05, 0) is 30.7 Å². The Morgan fingerprint density at radius 2 is 1.97 bits per heavy atom. The maximum absolute atomic E-state index is 12.7. The standard InChI is InChI=1S/C22H25N5O2S/c1-15-6-7-18-17(10-15)20(27-13-22(28,12-23)14-27)25-21(24-18)26-8-9-30(29)19-5-3-2-4-16(19)11-26/h2-7,10,28H,8-9,11-14,23H2,1H3. The van der Waals surface area contributed by atoms with Crippen LogP contribution in [0.5, 0.6) is 0 Å². The van der Waals surface area contributed by atoms with Crippen molar-refractivity contribution in [3.8, 4) is 0 Å². The van der Waals surface area contributed by atoms with Crippen molar-refractivity contribution in [1.29, 1.82) is 0 Å². The van der Waals surface area contributed by atoms with Gasteiger partial charge in [-0.2, -0.15) is 4.98 Å². The molecule has 0 bridgehead atoms. The molecular formula is C22H25N5O2S. The fourth-order valence-corrected chi connectivity index (χ4v) is 5.42. The average molecular weight is 424 g/mol. The highest BCUT2D eigenvalue weighted by molar-refractivity contribution is 7.85. The highest BCUT2D eigenvalue weighted by atomic mass is 32.2. The predicted octanol–water partition coefficient (Wildman–Crippen LogP) is 1.58. The van der Waals surface area contributed by atoms with Crippen LogP contribution in [0, 0.1) is 6.92 Å². The van der Waals surface area contributed by atoms with Crippen LogP contribution in [0.2, 0.25) is 0 Å². The van der Waals surface area contributed by atoms with Crippen LogP contribution in [0.3, 0.4) is 0 Å². The topological polar surface area (TPSA) is 95.6 Å². The van der Waals surface area contributed by atoms with Crippen molar-refractivity contribution >= 4 is 33.5 Å². The van der Waals surface area contributed by atoms with Crippen LogP contribution >= 0.6 is 0 Å². The van der Waals surface area contributed by atoms with E-state index in [-0.39, 0.29) is 6.54 Å². The van der Waals surface area contributed by atoms with Gasteiger partial charge in [-0.3, -0.25) is 4.21 Å². The van der Waals surface area contributed by atoms with Crippen LogP contribution in [-0.4, -0.2) is 56.8 Å². The number of benzene rings is 2. The number of hydrogen-bond donors (Lipinski definition) is 2. The van der Waals surface area contributed by atoms with Crippen LogP contribution in [0.25, 0.3) is 10.9 Å². The highest BCUT2D eigenvalue weighted by Crippen LogP contribution is 2.34. The molecule has 1 aromatic heterocycles. The second kappa shape index (κ2) is 7.30. The molecule has 0 saturated carbocycles. The van der Waals surface area contributed by atoms with Gasteiger partial charge >= 0.3 is 0 Å². The molecule has 1 atom stereocenters. The maximum atomic E-state index is 12.7. The van der Waals surface area contributed by atoms with Crippen molar-refractivity contribution in [3.05, 3.63) is 53.6 Å². The van der Waals surface area contributed by atoms with E-state index in [0.29, 0.717) is 37.9 Å². The number of β-amino-alcohol motifs (C(OH)–C–C–N with tert-alkyl or cyclic N) is 1. The zero-order valence-electron chi connectivity index (χ0n) is 16.9. The molecule has 8 heteroatoms. The van der Waals surface area contributed by atoms with Gasteiger partial charge in [0.25, 0.3) is 0 Å². The molecule has 0 amide bonds. The summed E-state index contributed by atoms with van der Waals surface area (Å²) >= 11 is 0. The van der Waals surface area contributed by atoms with E-state index in [1.54, 1.807) is 0 Å². The fourth-order valence-electron chi connectivity index (χ4n) is 4.15. The number of hydrogen-bond acceptors (Lipinski definition) is 7. The number of anilines is 2. The Morgan fingerprint density at radius 1 is 1.17 bits per heavy atom. The minimum Gasteiger partial charge on any atom is -0.385 e. The van der Waals surface area contributed by atoms with Crippen molar-refractivity contribution in [2.45, 2.75) is 24.0 Å². The molecule has 30 heavy (non-hydrogen) atoms. The summed E-state index contributed by atoms with van der Waals surface area (Å²) in [4.78, 5) is 14.8. The summed E-state index contributed by atoms with van der Waals surface area (Å²) < 4.78 is 12.7. The Hall–Kier alpha value is -2.55. The normalized spacial score (nSPS) is 20.6. The second-order valence-corrected chi connectivity index (χ2v) is 9.77. The summed E-state index contributed by atoms with van der Waals surface area (Å²) in [5.41, 5.74) is 7.90. The Labute approximate surface area is 178 Å². The zero-order valence-corrected chi connectivity index (χ0v) is 17.7. The highest BCUT2D eigenvalue weighted by Gasteiger charge is 2.41. The third-order valence-corrected chi connectivity index (χ3v) is 7.32. The van der Waals surface area contributed by atoms with Crippen LogP contribution in [-0.2, 0) is 17.3 Å². The molecule has 2 aromatic carbocycles. The summed E-state index contributed by atoms with van der Waals surface area (Å²) in [6.45, 7) is 4.42. The Balaban J connectivity index is 1.57. The quantitative estimate of drug-likeness (QED) is 0.660. The third kappa shape index (κ3) is 3.34. The Bertz CT molecular complexity index is 1150. The number of nitrogens with two attached hydrogens (primary N) is 1. The zero-order chi connectivity index (χ0) is 20.9. The third-order valence-electron chi connectivity index (χ3n) is 5.88. The molecule has 3 aromatic rings. The predicted molar refractivity (Wildman–Crippen MR) is 119 cm³/mol. The lowest BCUT2D eigenvalue weighted by Gasteiger charge is -2.46. The maximum Gasteiger partial charge on any atom is 0.228 e. The summed E-state index contributed by atoms with van der Waals surface area (Å²) in [6.07, 6.45) is 0. The van der Waals surface area contributed by atoms with E-state index in [9.17, 15) is 9.32 Å². The van der Waals surface area contributed by atoms with E-state index in [0.717, 1.165) is 32.7 Å². The molecule has 156 valence electrons. The van der Waals surface area contributed by atoms with Gasteiger partial charge in [0.15, 0.2) is 0 Å². The number of aromatic nitrogens is 2. The molecule has 1 saturated heterocycles. The van der Waals surface area contributed by atoms with Crippen molar-refractivity contribution < 1.29 is 9.32 Å². The lowest BCUT2D eigenvalue weighted by molar-refractivity contribution is 0.0206. The van der Waals surface area contributed by atoms with Gasteiger partial charge in [0, 0.05) is 35.7 Å². The second-order valence-electron chi connectivity index (χ2n) is 8.23. The lowest BCUT2D eigenvalue weighted by Crippen LogP contribution is -2.65. The number of fused-ring (bicyclic) bond motifs is 2. The molecule has 0 radical (unpaired) electrons. The van der Waals surface area contributed by atoms with E-state index in [4.69, 9.17) is 15.7 Å². The molecular weight excluding hydrogens is 398 g/mol. The summed E-state index contributed by atoms with van der Waals surface area (Å²) in [5, 5.41) is 11.4. The van der Waals surface area contributed by atoms with Crippen molar-refractivity contribution in [1.82, 2.24) is 9.97 Å². The van der Waals surface area contributed by atoms with Gasteiger partial charge in [0.2, 0.25) is 5.95 Å². The fraction of sp³-hybridized carbons (Fsp3) is 0.364. The molecule has 3 heterocycles. The first-order valence-corrected chi connectivity index (χ1v) is 11.4. The molecule has 1 unspecified atom stereocenters. The van der Waals surface area contributed by atoms with Gasteiger partial charge in [-0.25, -0.2) is 4.98 Å². The number of nitrogens with zero attached hydrogens (tertiary/aromatic N) is 4. The molecule has 2 aliphatic rings. The molecule has 5 rings (SSSR count). The SMILES string of the molecule is Cc1ccc2nc(N3CCS(=O)c4ccccc4C3)nc(N3CC(O)(CN)C3)c2c1. The van der Waals surface area contributed by atoms with E-state index >= 15 is 0 Å². The first-order chi connectivity index (χ1) is 14.5. The first kappa shape index (κ1) is 19.4. The largest absolute Gasteiger partial charge is 0.385 e. The van der Waals surface area contributed by atoms with E-state index < -0.39 is 16.4 Å². The van der Waals surface area contributed by atoms with Crippen LogP contribution in [0.1, 0.15) is 11.1 Å². The molecule has 1 fully saturated rings. The summed E-state index contributed by atoms with van der Waals surface area (Å²) in [6, 6.07) is 14.0. The average Bonchev–Trinajstić information content (AvgIpc) is 2.90. The van der Waals surface area contributed by atoms with Crippen LogP contribution in [0.15, 0.2) is 47.4 Å². The smallest absolute Gasteiger partial charge is 0.228 e. The number of rotatable bonds is 3. The Kier molecular flexibility index (Phi) is 4.72. The van der Waals surface area contributed by atoms with E-state index in [1.807, 2.05) is 43.3 Å². The Morgan fingerprint density at radius 3 is 2.77 bits per heavy atom. The van der Waals surface area contributed by atoms with Crippen molar-refractivity contribution in [2.75, 3.05) is 41.7 Å². The molecule has 0 aliphatic carbocycles. The van der Waals surface area contributed by atoms with Gasteiger partial charge in [-0.1, -0.05) is 29.8 Å². The van der Waals surface area contributed by atoms with E-state index in [1.165, 1.54) is 0 Å². The van der Waals surface area contributed by atoms with Gasteiger partial charge < -0.3 is 20.6 Å². The molecule has 2 aliphatic heterocycles. The summed E-state index contributed by atoms with van der Waals surface area (Å²) in [7, 11) is -1.03.